The zero-order chi connectivity index (χ0) is 14.8. The molecule has 21 heavy (non-hydrogen) atoms. The number of nitrogens with one attached hydrogen (secondary N) is 1. The molecule has 0 atom stereocenters. The average Bonchev–Trinajstić information content (AvgIpc) is 2.80. The van der Waals surface area contributed by atoms with Gasteiger partial charge in [-0.1, -0.05) is 31.2 Å². The number of para-hydroxylation sites is 1. The number of fused-ring (bicyclic) bond motifs is 3. The Morgan fingerprint density at radius 1 is 1.05 bits per heavy atom. The number of hydrogen-bond donors (Lipinski definition) is 1. The van der Waals surface area contributed by atoms with Crippen LogP contribution in [0.25, 0.3) is 21.8 Å². The quantitative estimate of drug-likeness (QED) is 0.747. The van der Waals surface area contributed by atoms with Crippen molar-refractivity contribution < 1.29 is 4.79 Å². The fourth-order valence-corrected chi connectivity index (χ4v) is 2.92. The van der Waals surface area contributed by atoms with E-state index in [1.54, 1.807) is 0 Å². The van der Waals surface area contributed by atoms with Crippen LogP contribution in [0.5, 0.6) is 0 Å². The van der Waals surface area contributed by atoms with E-state index in [0.717, 1.165) is 18.7 Å². The Kier molecular flexibility index (Phi) is 3.65. The fraction of sp³-hybridized carbons (Fsp3) is 0.278. The Bertz CT molecular complexity index is 801. The molecule has 1 aromatic heterocycles. The molecule has 3 nitrogen and oxygen atoms in total. The molecule has 0 fully saturated rings. The monoisotopic (exact) mass is 280 g/mol. The summed E-state index contributed by atoms with van der Waals surface area (Å²) in [6, 6.07) is 14.6. The molecule has 3 rings (SSSR count). The van der Waals surface area contributed by atoms with Crippen LogP contribution in [0.3, 0.4) is 0 Å². The van der Waals surface area contributed by atoms with Gasteiger partial charge >= 0.3 is 0 Å². The minimum Gasteiger partial charge on any atom is -0.341 e. The minimum absolute atomic E-state index is 0.0796. The molecule has 0 aliphatic rings. The highest BCUT2D eigenvalue weighted by atomic mass is 16.1. The van der Waals surface area contributed by atoms with Gasteiger partial charge in [0.05, 0.1) is 5.52 Å². The summed E-state index contributed by atoms with van der Waals surface area (Å²) < 4.78 is 2.29. The highest BCUT2D eigenvalue weighted by molar-refractivity contribution is 6.09. The van der Waals surface area contributed by atoms with Crippen molar-refractivity contribution in [3.63, 3.8) is 0 Å². The van der Waals surface area contributed by atoms with Crippen molar-refractivity contribution in [3.05, 3.63) is 42.5 Å². The van der Waals surface area contributed by atoms with E-state index < -0.39 is 0 Å². The molecule has 108 valence electrons. The highest BCUT2D eigenvalue weighted by Gasteiger charge is 2.10. The summed E-state index contributed by atoms with van der Waals surface area (Å²) in [4.78, 5) is 11.8. The van der Waals surface area contributed by atoms with E-state index in [4.69, 9.17) is 0 Å². The van der Waals surface area contributed by atoms with E-state index in [-0.39, 0.29) is 5.91 Å². The number of aryl methyl sites for hydroxylation is 1. The van der Waals surface area contributed by atoms with Gasteiger partial charge in [-0.05, 0) is 31.5 Å². The second kappa shape index (κ2) is 5.60. The van der Waals surface area contributed by atoms with Gasteiger partial charge in [0.25, 0.3) is 0 Å². The lowest BCUT2D eigenvalue weighted by molar-refractivity contribution is -0.116. The summed E-state index contributed by atoms with van der Waals surface area (Å²) in [7, 11) is 0. The van der Waals surface area contributed by atoms with Gasteiger partial charge in [0.2, 0.25) is 5.91 Å². The lowest BCUT2D eigenvalue weighted by Gasteiger charge is -2.07. The van der Waals surface area contributed by atoms with E-state index in [0.29, 0.717) is 6.42 Å². The van der Waals surface area contributed by atoms with E-state index in [2.05, 4.69) is 53.2 Å². The zero-order valence-electron chi connectivity index (χ0n) is 12.5. The molecular weight excluding hydrogens is 260 g/mol. The third-order valence-corrected chi connectivity index (χ3v) is 3.85. The van der Waals surface area contributed by atoms with Gasteiger partial charge in [-0.3, -0.25) is 4.79 Å². The molecule has 2 aromatic carbocycles. The van der Waals surface area contributed by atoms with Gasteiger partial charge in [-0.2, -0.15) is 0 Å². The molecule has 1 N–H and O–H groups in total. The van der Waals surface area contributed by atoms with Crippen LogP contribution in [-0.4, -0.2) is 10.5 Å². The predicted octanol–water partition coefficient (Wildman–Crippen LogP) is 4.55. The number of anilines is 1. The van der Waals surface area contributed by atoms with Gasteiger partial charge < -0.3 is 9.88 Å². The summed E-state index contributed by atoms with van der Waals surface area (Å²) in [5.74, 6) is 0.0796. The third-order valence-electron chi connectivity index (χ3n) is 3.85. The largest absolute Gasteiger partial charge is 0.341 e. The number of benzene rings is 2. The first kappa shape index (κ1) is 13.7. The van der Waals surface area contributed by atoms with Crippen LogP contribution in [-0.2, 0) is 11.3 Å². The SMILES string of the molecule is CCCC(=O)Nc1ccc2c3ccccc3n(CC)c2c1. The Hall–Kier alpha value is -2.29. The Morgan fingerprint density at radius 2 is 1.81 bits per heavy atom. The molecule has 3 aromatic rings. The standard InChI is InChI=1S/C18H20N2O/c1-3-7-18(21)19-13-10-11-15-14-8-5-6-9-16(14)20(4-2)17(15)12-13/h5-6,8-12H,3-4,7H2,1-2H3,(H,19,21). The first-order valence-electron chi connectivity index (χ1n) is 7.55. The zero-order valence-corrected chi connectivity index (χ0v) is 12.5. The predicted molar refractivity (Wildman–Crippen MR) is 88.7 cm³/mol. The lowest BCUT2D eigenvalue weighted by atomic mass is 10.1. The van der Waals surface area contributed by atoms with Crippen molar-refractivity contribution in [1.82, 2.24) is 4.57 Å². The lowest BCUT2D eigenvalue weighted by Crippen LogP contribution is -2.10. The molecule has 1 heterocycles. The molecule has 0 radical (unpaired) electrons. The summed E-state index contributed by atoms with van der Waals surface area (Å²) in [5, 5.41) is 5.48. The molecule has 0 saturated carbocycles. The second-order valence-corrected chi connectivity index (χ2v) is 5.29. The van der Waals surface area contributed by atoms with Gasteiger partial charge in [-0.25, -0.2) is 0 Å². The van der Waals surface area contributed by atoms with Crippen molar-refractivity contribution >= 4 is 33.4 Å². The van der Waals surface area contributed by atoms with Crippen molar-refractivity contribution in [2.75, 3.05) is 5.32 Å². The van der Waals surface area contributed by atoms with Crippen molar-refractivity contribution in [2.24, 2.45) is 0 Å². The Morgan fingerprint density at radius 3 is 2.57 bits per heavy atom. The van der Waals surface area contributed by atoms with Gasteiger partial charge in [-0.15, -0.1) is 0 Å². The first-order valence-corrected chi connectivity index (χ1v) is 7.55. The normalized spacial score (nSPS) is 11.1. The van der Waals surface area contributed by atoms with Gasteiger partial charge in [0, 0.05) is 34.9 Å². The van der Waals surface area contributed by atoms with Crippen molar-refractivity contribution in [1.29, 1.82) is 0 Å². The number of aromatic nitrogens is 1. The number of rotatable bonds is 4. The topological polar surface area (TPSA) is 34.0 Å². The molecule has 0 unspecified atom stereocenters. The average molecular weight is 280 g/mol. The molecule has 3 heteroatoms. The van der Waals surface area contributed by atoms with Gasteiger partial charge in [0.1, 0.15) is 0 Å². The molecule has 0 saturated heterocycles. The molecule has 1 amide bonds. The van der Waals surface area contributed by atoms with Crippen LogP contribution in [0.1, 0.15) is 26.7 Å². The Balaban J connectivity index is 2.12. The number of carbonyl (C=O) groups excluding carboxylic acids is 1. The third kappa shape index (κ3) is 2.40. The number of amides is 1. The molecule has 0 aliphatic heterocycles. The summed E-state index contributed by atoms with van der Waals surface area (Å²) in [5.41, 5.74) is 3.29. The van der Waals surface area contributed by atoms with E-state index in [9.17, 15) is 4.79 Å². The summed E-state index contributed by atoms with van der Waals surface area (Å²) in [6.07, 6.45) is 1.43. The van der Waals surface area contributed by atoms with Crippen LogP contribution in [0.15, 0.2) is 42.5 Å². The van der Waals surface area contributed by atoms with Crippen molar-refractivity contribution in [3.8, 4) is 0 Å². The van der Waals surface area contributed by atoms with E-state index in [1.165, 1.54) is 21.8 Å². The maximum atomic E-state index is 11.8. The van der Waals surface area contributed by atoms with Crippen LogP contribution in [0.4, 0.5) is 5.69 Å². The summed E-state index contributed by atoms with van der Waals surface area (Å²) >= 11 is 0. The number of nitrogens with zero attached hydrogens (tertiary/aromatic N) is 1. The maximum absolute atomic E-state index is 11.8. The minimum atomic E-state index is 0.0796. The highest BCUT2D eigenvalue weighted by Crippen LogP contribution is 2.30. The summed E-state index contributed by atoms with van der Waals surface area (Å²) in [6.45, 7) is 5.07. The number of carbonyl (C=O) groups is 1. The van der Waals surface area contributed by atoms with E-state index in [1.807, 2.05) is 13.0 Å². The van der Waals surface area contributed by atoms with Crippen LogP contribution < -0.4 is 5.32 Å². The van der Waals surface area contributed by atoms with Crippen LogP contribution in [0, 0.1) is 0 Å². The molecule has 0 spiro atoms. The Labute approximate surface area is 124 Å². The van der Waals surface area contributed by atoms with E-state index >= 15 is 0 Å². The maximum Gasteiger partial charge on any atom is 0.224 e. The molecular formula is C18H20N2O. The molecule has 0 aliphatic carbocycles. The second-order valence-electron chi connectivity index (χ2n) is 5.29. The fourth-order valence-electron chi connectivity index (χ4n) is 2.92. The first-order chi connectivity index (χ1) is 10.2. The van der Waals surface area contributed by atoms with Crippen LogP contribution >= 0.6 is 0 Å². The van der Waals surface area contributed by atoms with Gasteiger partial charge in [0.15, 0.2) is 0 Å². The van der Waals surface area contributed by atoms with Crippen molar-refractivity contribution in [2.45, 2.75) is 33.2 Å². The number of hydrogen-bond acceptors (Lipinski definition) is 1. The molecule has 0 bridgehead atoms. The smallest absolute Gasteiger partial charge is 0.224 e. The van der Waals surface area contributed by atoms with Crippen LogP contribution in [0.2, 0.25) is 0 Å².